The molecule has 0 spiro atoms. The molecule has 3 rings (SSSR count). The Morgan fingerprint density at radius 1 is 1.27 bits per heavy atom. The lowest BCUT2D eigenvalue weighted by atomic mass is 10.1. The minimum absolute atomic E-state index is 0.0259. The zero-order valence-electron chi connectivity index (χ0n) is 15.0. The molecule has 0 aliphatic carbocycles. The summed E-state index contributed by atoms with van der Waals surface area (Å²) in [7, 11) is 0. The number of carbonyl (C=O) groups is 1. The monoisotopic (exact) mass is 385 g/mol. The van der Waals surface area contributed by atoms with Crippen LogP contribution in [0.3, 0.4) is 0 Å². The fraction of sp³-hybridized carbons (Fsp3) is 0.300. The number of hydrogen-bond donors (Lipinski definition) is 1. The summed E-state index contributed by atoms with van der Waals surface area (Å²) in [6.07, 6.45) is 0. The molecule has 3 aromatic rings. The van der Waals surface area contributed by atoms with Crippen LogP contribution in [0, 0.1) is 13.8 Å². The quantitative estimate of drug-likeness (QED) is 0.632. The van der Waals surface area contributed by atoms with Crippen molar-refractivity contribution < 1.29 is 4.79 Å². The number of hydrogen-bond acceptors (Lipinski definition) is 4. The molecule has 2 aromatic heterocycles. The normalized spacial score (nSPS) is 12.1. The average molecular weight is 386 g/mol. The van der Waals surface area contributed by atoms with E-state index in [0.717, 1.165) is 17.1 Å². The third-order valence-corrected chi connectivity index (χ3v) is 5.81. The van der Waals surface area contributed by atoms with Crippen LogP contribution in [0.5, 0.6) is 0 Å². The van der Waals surface area contributed by atoms with E-state index >= 15 is 0 Å². The molecule has 6 heteroatoms. The number of thioether (sulfide) groups is 1. The van der Waals surface area contributed by atoms with E-state index in [9.17, 15) is 4.79 Å². The average Bonchev–Trinajstić information content (AvgIpc) is 3.26. The smallest absolute Gasteiger partial charge is 0.230 e. The fourth-order valence-electron chi connectivity index (χ4n) is 2.87. The van der Waals surface area contributed by atoms with Gasteiger partial charge in [0.1, 0.15) is 0 Å². The van der Waals surface area contributed by atoms with E-state index in [-0.39, 0.29) is 11.9 Å². The molecular weight excluding hydrogens is 362 g/mol. The summed E-state index contributed by atoms with van der Waals surface area (Å²) in [5, 5.41) is 11.9. The molecule has 136 valence electrons. The second-order valence-electron chi connectivity index (χ2n) is 6.23. The number of aromatic nitrogens is 2. The van der Waals surface area contributed by atoms with Gasteiger partial charge in [0.05, 0.1) is 17.5 Å². The molecule has 0 saturated carbocycles. The first-order valence-corrected chi connectivity index (χ1v) is 10.7. The highest BCUT2D eigenvalue weighted by Crippen LogP contribution is 2.22. The summed E-state index contributed by atoms with van der Waals surface area (Å²) < 4.78 is 2.01. The lowest BCUT2D eigenvalue weighted by Gasteiger charge is -2.19. The van der Waals surface area contributed by atoms with Crippen molar-refractivity contribution in [2.45, 2.75) is 25.6 Å². The minimum Gasteiger partial charge on any atom is -0.353 e. The molecule has 0 aliphatic rings. The van der Waals surface area contributed by atoms with Gasteiger partial charge in [-0.15, -0.1) is 11.8 Å². The van der Waals surface area contributed by atoms with Gasteiger partial charge in [0.25, 0.3) is 0 Å². The molecule has 0 fully saturated rings. The SMILES string of the molecule is Cc1cc(C)n(C(CNC(=O)CSCc2ccccc2)c2ccsc2)n1. The molecule has 1 aromatic carbocycles. The molecular formula is C20H23N3OS2. The van der Waals surface area contributed by atoms with Gasteiger partial charge in [-0.3, -0.25) is 9.48 Å². The first-order chi connectivity index (χ1) is 12.6. The molecule has 1 unspecified atom stereocenters. The van der Waals surface area contributed by atoms with Crippen molar-refractivity contribution in [2.75, 3.05) is 12.3 Å². The molecule has 0 aliphatic heterocycles. The molecule has 1 N–H and O–H groups in total. The Morgan fingerprint density at radius 3 is 2.73 bits per heavy atom. The van der Waals surface area contributed by atoms with E-state index in [1.165, 1.54) is 11.1 Å². The maximum Gasteiger partial charge on any atom is 0.230 e. The summed E-state index contributed by atoms with van der Waals surface area (Å²) in [5.41, 5.74) is 4.52. The highest BCUT2D eigenvalue weighted by atomic mass is 32.2. The number of carbonyl (C=O) groups excluding carboxylic acids is 1. The van der Waals surface area contributed by atoms with Crippen molar-refractivity contribution >= 4 is 29.0 Å². The van der Waals surface area contributed by atoms with Crippen molar-refractivity contribution in [3.63, 3.8) is 0 Å². The maximum absolute atomic E-state index is 12.3. The minimum atomic E-state index is 0.0259. The highest BCUT2D eigenvalue weighted by Gasteiger charge is 2.18. The van der Waals surface area contributed by atoms with Crippen LogP contribution in [0.2, 0.25) is 0 Å². The van der Waals surface area contributed by atoms with Gasteiger partial charge in [-0.1, -0.05) is 30.3 Å². The first kappa shape index (κ1) is 18.7. The van der Waals surface area contributed by atoms with Crippen LogP contribution in [0.15, 0.2) is 53.2 Å². The van der Waals surface area contributed by atoms with E-state index in [1.54, 1.807) is 23.1 Å². The standard InChI is InChI=1S/C20H23N3OS2/c1-15-10-16(2)23(22-15)19(18-8-9-25-13-18)11-21-20(24)14-26-12-17-6-4-3-5-7-17/h3-10,13,19H,11-12,14H2,1-2H3,(H,21,24). The largest absolute Gasteiger partial charge is 0.353 e. The van der Waals surface area contributed by atoms with Crippen molar-refractivity contribution in [3.05, 3.63) is 75.7 Å². The van der Waals surface area contributed by atoms with E-state index in [1.807, 2.05) is 29.8 Å². The molecule has 1 amide bonds. The summed E-state index contributed by atoms with van der Waals surface area (Å²) in [4.78, 5) is 12.3. The van der Waals surface area contributed by atoms with Gasteiger partial charge in [0, 0.05) is 18.0 Å². The van der Waals surface area contributed by atoms with Gasteiger partial charge in [0.2, 0.25) is 5.91 Å². The van der Waals surface area contributed by atoms with E-state index < -0.39 is 0 Å². The van der Waals surface area contributed by atoms with Gasteiger partial charge in [-0.2, -0.15) is 16.4 Å². The Labute approximate surface area is 162 Å². The van der Waals surface area contributed by atoms with Gasteiger partial charge in [-0.05, 0) is 47.9 Å². The van der Waals surface area contributed by atoms with Crippen LogP contribution in [0.4, 0.5) is 0 Å². The molecule has 26 heavy (non-hydrogen) atoms. The second kappa shape index (κ2) is 9.05. The summed E-state index contributed by atoms with van der Waals surface area (Å²) in [6, 6.07) is 14.4. The van der Waals surface area contributed by atoms with Crippen LogP contribution >= 0.6 is 23.1 Å². The Hall–Kier alpha value is -2.05. The Kier molecular flexibility index (Phi) is 6.52. The molecule has 4 nitrogen and oxygen atoms in total. The number of nitrogens with one attached hydrogen (secondary N) is 1. The highest BCUT2D eigenvalue weighted by molar-refractivity contribution is 7.99. The van der Waals surface area contributed by atoms with E-state index in [0.29, 0.717) is 12.3 Å². The topological polar surface area (TPSA) is 46.9 Å². The number of aryl methyl sites for hydroxylation is 2. The Morgan fingerprint density at radius 2 is 2.08 bits per heavy atom. The number of benzene rings is 1. The maximum atomic E-state index is 12.3. The van der Waals surface area contributed by atoms with Crippen LogP contribution in [-0.2, 0) is 10.5 Å². The van der Waals surface area contributed by atoms with Crippen molar-refractivity contribution in [2.24, 2.45) is 0 Å². The zero-order valence-corrected chi connectivity index (χ0v) is 16.6. The van der Waals surface area contributed by atoms with E-state index in [4.69, 9.17) is 0 Å². The van der Waals surface area contributed by atoms with Crippen LogP contribution in [0.25, 0.3) is 0 Å². The molecule has 2 heterocycles. The van der Waals surface area contributed by atoms with Crippen LogP contribution < -0.4 is 5.32 Å². The van der Waals surface area contributed by atoms with Crippen LogP contribution in [0.1, 0.15) is 28.6 Å². The zero-order chi connectivity index (χ0) is 18.4. The first-order valence-electron chi connectivity index (χ1n) is 8.56. The lowest BCUT2D eigenvalue weighted by molar-refractivity contribution is -0.118. The van der Waals surface area contributed by atoms with Gasteiger partial charge in [-0.25, -0.2) is 0 Å². The molecule has 0 saturated heterocycles. The lowest BCUT2D eigenvalue weighted by Crippen LogP contribution is -2.33. The van der Waals surface area contributed by atoms with Crippen LogP contribution in [-0.4, -0.2) is 28.0 Å². The van der Waals surface area contributed by atoms with Gasteiger partial charge >= 0.3 is 0 Å². The fourth-order valence-corrected chi connectivity index (χ4v) is 4.39. The summed E-state index contributed by atoms with van der Waals surface area (Å²) in [5.74, 6) is 1.37. The predicted molar refractivity (Wildman–Crippen MR) is 110 cm³/mol. The molecule has 0 bridgehead atoms. The Balaban J connectivity index is 1.56. The Bertz CT molecular complexity index is 828. The predicted octanol–water partition coefficient (Wildman–Crippen LogP) is 4.20. The third kappa shape index (κ3) is 4.99. The number of nitrogens with zero attached hydrogens (tertiary/aromatic N) is 2. The summed E-state index contributed by atoms with van der Waals surface area (Å²) >= 11 is 3.30. The third-order valence-electron chi connectivity index (χ3n) is 4.11. The van der Waals surface area contributed by atoms with E-state index in [2.05, 4.69) is 52.4 Å². The van der Waals surface area contributed by atoms with Crippen molar-refractivity contribution in [1.29, 1.82) is 0 Å². The van der Waals surface area contributed by atoms with Crippen molar-refractivity contribution in [3.8, 4) is 0 Å². The second-order valence-corrected chi connectivity index (χ2v) is 7.99. The molecule has 1 atom stereocenters. The van der Waals surface area contributed by atoms with Gasteiger partial charge < -0.3 is 5.32 Å². The number of rotatable bonds is 8. The summed E-state index contributed by atoms with van der Waals surface area (Å²) in [6.45, 7) is 4.59. The van der Waals surface area contributed by atoms with Gasteiger partial charge in [0.15, 0.2) is 0 Å². The number of amides is 1. The molecule has 0 radical (unpaired) electrons. The van der Waals surface area contributed by atoms with Crippen molar-refractivity contribution in [1.82, 2.24) is 15.1 Å². The number of thiophene rings is 1.